The fourth-order valence-corrected chi connectivity index (χ4v) is 2.78. The normalized spacial score (nSPS) is 10.2. The van der Waals surface area contributed by atoms with Gasteiger partial charge >= 0.3 is 5.97 Å². The van der Waals surface area contributed by atoms with Crippen LogP contribution in [0.15, 0.2) is 66.7 Å². The van der Waals surface area contributed by atoms with E-state index in [1.807, 2.05) is 18.2 Å². The van der Waals surface area contributed by atoms with E-state index in [1.165, 1.54) is 14.2 Å². The van der Waals surface area contributed by atoms with E-state index in [0.717, 1.165) is 0 Å². The summed E-state index contributed by atoms with van der Waals surface area (Å²) in [5.74, 6) is 0.758. The summed E-state index contributed by atoms with van der Waals surface area (Å²) in [6.45, 7) is 1.79. The number of ether oxygens (including phenoxy) is 3. The maximum absolute atomic E-state index is 12.6. The number of carbonyl (C=O) groups excluding carboxylic acids is 2. The minimum Gasteiger partial charge on any atom is -0.493 e. The zero-order valence-electron chi connectivity index (χ0n) is 15.9. The summed E-state index contributed by atoms with van der Waals surface area (Å²) >= 11 is 0. The lowest BCUT2D eigenvalue weighted by molar-refractivity contribution is 0.0733. The van der Waals surface area contributed by atoms with Crippen molar-refractivity contribution in [2.75, 3.05) is 14.2 Å². The number of methoxy groups -OCH3 is 2. The average molecular weight is 376 g/mol. The summed E-state index contributed by atoms with van der Waals surface area (Å²) in [4.78, 5) is 25.0. The second-order valence-corrected chi connectivity index (χ2v) is 6.13. The van der Waals surface area contributed by atoms with Crippen molar-refractivity contribution in [1.29, 1.82) is 0 Å². The summed E-state index contributed by atoms with van der Waals surface area (Å²) in [6.07, 6.45) is 0. The third-order valence-electron chi connectivity index (χ3n) is 4.29. The van der Waals surface area contributed by atoms with Crippen molar-refractivity contribution in [3.05, 3.63) is 89.0 Å². The molecule has 142 valence electrons. The number of ketones is 1. The molecular weight excluding hydrogens is 356 g/mol. The Morgan fingerprint density at radius 3 is 1.96 bits per heavy atom. The van der Waals surface area contributed by atoms with E-state index in [0.29, 0.717) is 39.5 Å². The summed E-state index contributed by atoms with van der Waals surface area (Å²) in [7, 11) is 3.02. The third-order valence-corrected chi connectivity index (χ3v) is 4.29. The molecule has 0 saturated carbocycles. The number of benzene rings is 3. The first-order valence-corrected chi connectivity index (χ1v) is 8.68. The summed E-state index contributed by atoms with van der Waals surface area (Å²) < 4.78 is 15.9. The van der Waals surface area contributed by atoms with E-state index in [-0.39, 0.29) is 5.78 Å². The number of esters is 1. The van der Waals surface area contributed by atoms with Gasteiger partial charge in [-0.2, -0.15) is 0 Å². The Morgan fingerprint density at radius 2 is 1.32 bits per heavy atom. The van der Waals surface area contributed by atoms with Gasteiger partial charge in [0.2, 0.25) is 0 Å². The fourth-order valence-electron chi connectivity index (χ4n) is 2.78. The molecule has 0 heterocycles. The highest BCUT2D eigenvalue weighted by molar-refractivity contribution is 6.09. The highest BCUT2D eigenvalue weighted by atomic mass is 16.5. The smallest absolute Gasteiger partial charge is 0.343 e. The zero-order valence-corrected chi connectivity index (χ0v) is 15.9. The molecule has 3 aromatic rings. The van der Waals surface area contributed by atoms with Crippen LogP contribution in [0.2, 0.25) is 0 Å². The molecule has 0 spiro atoms. The third kappa shape index (κ3) is 4.04. The molecular formula is C23H20O5. The van der Waals surface area contributed by atoms with Crippen molar-refractivity contribution in [2.24, 2.45) is 0 Å². The quantitative estimate of drug-likeness (QED) is 0.361. The highest BCUT2D eigenvalue weighted by Crippen LogP contribution is 2.28. The largest absolute Gasteiger partial charge is 0.493 e. The first-order chi connectivity index (χ1) is 13.5. The van der Waals surface area contributed by atoms with Crippen LogP contribution in [0.1, 0.15) is 31.8 Å². The van der Waals surface area contributed by atoms with Crippen LogP contribution in [-0.2, 0) is 0 Å². The fraction of sp³-hybridized carbons (Fsp3) is 0.130. The Morgan fingerprint density at radius 1 is 0.679 bits per heavy atom. The van der Waals surface area contributed by atoms with E-state index in [4.69, 9.17) is 14.2 Å². The highest BCUT2D eigenvalue weighted by Gasteiger charge is 2.15. The molecule has 3 rings (SSSR count). The lowest BCUT2D eigenvalue weighted by Gasteiger charge is -2.11. The van der Waals surface area contributed by atoms with Gasteiger partial charge in [-0.1, -0.05) is 30.3 Å². The minimum atomic E-state index is -0.522. The van der Waals surface area contributed by atoms with Gasteiger partial charge in [-0.05, 0) is 48.9 Å². The van der Waals surface area contributed by atoms with E-state index in [1.54, 1.807) is 55.5 Å². The number of aryl methyl sites for hydroxylation is 1. The van der Waals surface area contributed by atoms with Crippen molar-refractivity contribution in [2.45, 2.75) is 6.92 Å². The van der Waals surface area contributed by atoms with Crippen LogP contribution in [0.4, 0.5) is 0 Å². The van der Waals surface area contributed by atoms with E-state index >= 15 is 0 Å². The van der Waals surface area contributed by atoms with Crippen LogP contribution in [0, 0.1) is 6.92 Å². The molecule has 0 saturated heterocycles. The van der Waals surface area contributed by atoms with Gasteiger partial charge in [0, 0.05) is 11.1 Å². The molecule has 0 fully saturated rings. The van der Waals surface area contributed by atoms with Crippen LogP contribution < -0.4 is 14.2 Å². The van der Waals surface area contributed by atoms with Crippen molar-refractivity contribution in [1.82, 2.24) is 0 Å². The van der Waals surface area contributed by atoms with Crippen LogP contribution in [0.5, 0.6) is 17.2 Å². The van der Waals surface area contributed by atoms with Crippen molar-refractivity contribution in [3.63, 3.8) is 0 Å². The van der Waals surface area contributed by atoms with E-state index in [2.05, 4.69) is 0 Å². The van der Waals surface area contributed by atoms with Gasteiger partial charge in [0.1, 0.15) is 5.75 Å². The van der Waals surface area contributed by atoms with Crippen molar-refractivity contribution >= 4 is 11.8 Å². The van der Waals surface area contributed by atoms with Crippen LogP contribution >= 0.6 is 0 Å². The molecule has 5 nitrogen and oxygen atoms in total. The number of hydrogen-bond donors (Lipinski definition) is 0. The van der Waals surface area contributed by atoms with Crippen molar-refractivity contribution in [3.8, 4) is 17.2 Å². The van der Waals surface area contributed by atoms with Crippen LogP contribution in [0.25, 0.3) is 0 Å². The lowest BCUT2D eigenvalue weighted by Crippen LogP contribution is -2.10. The Hall–Kier alpha value is -3.60. The molecule has 0 atom stereocenters. The van der Waals surface area contributed by atoms with Gasteiger partial charge in [-0.15, -0.1) is 0 Å². The molecule has 0 unspecified atom stereocenters. The molecule has 0 bridgehead atoms. The second kappa shape index (κ2) is 8.39. The first kappa shape index (κ1) is 19.2. The van der Waals surface area contributed by atoms with Crippen LogP contribution in [-0.4, -0.2) is 26.0 Å². The van der Waals surface area contributed by atoms with Gasteiger partial charge in [0.15, 0.2) is 17.3 Å². The Labute approximate surface area is 163 Å². The average Bonchev–Trinajstić information content (AvgIpc) is 2.74. The van der Waals surface area contributed by atoms with Gasteiger partial charge in [0.05, 0.1) is 19.8 Å². The predicted molar refractivity (Wildman–Crippen MR) is 106 cm³/mol. The van der Waals surface area contributed by atoms with Crippen molar-refractivity contribution < 1.29 is 23.8 Å². The molecule has 0 aliphatic rings. The van der Waals surface area contributed by atoms with E-state index in [9.17, 15) is 9.59 Å². The number of hydrogen-bond acceptors (Lipinski definition) is 5. The molecule has 0 aliphatic heterocycles. The zero-order chi connectivity index (χ0) is 20.1. The topological polar surface area (TPSA) is 61.8 Å². The van der Waals surface area contributed by atoms with Gasteiger partial charge in [0.25, 0.3) is 0 Å². The van der Waals surface area contributed by atoms with Gasteiger partial charge in [-0.25, -0.2) is 4.79 Å². The molecule has 0 N–H and O–H groups in total. The van der Waals surface area contributed by atoms with Gasteiger partial charge < -0.3 is 14.2 Å². The summed E-state index contributed by atoms with van der Waals surface area (Å²) in [5, 5.41) is 0. The molecule has 0 aliphatic carbocycles. The molecule has 5 heteroatoms. The predicted octanol–water partition coefficient (Wildman–Crippen LogP) is 4.46. The molecule has 0 aromatic heterocycles. The summed E-state index contributed by atoms with van der Waals surface area (Å²) in [5.41, 5.74) is 2.17. The lowest BCUT2D eigenvalue weighted by atomic mass is 10.0. The SMILES string of the molecule is COc1ccc(C(=O)Oc2ccc(C(=O)c3ccccc3)cc2C)cc1OC. The summed E-state index contributed by atoms with van der Waals surface area (Å²) in [6, 6.07) is 18.8. The number of carbonyl (C=O) groups is 2. The maximum Gasteiger partial charge on any atom is 0.343 e. The monoisotopic (exact) mass is 376 g/mol. The molecule has 28 heavy (non-hydrogen) atoms. The maximum atomic E-state index is 12.6. The Kier molecular flexibility index (Phi) is 5.75. The first-order valence-electron chi connectivity index (χ1n) is 8.68. The minimum absolute atomic E-state index is 0.0820. The number of rotatable bonds is 6. The second-order valence-electron chi connectivity index (χ2n) is 6.13. The molecule has 0 amide bonds. The molecule has 3 aromatic carbocycles. The van der Waals surface area contributed by atoms with E-state index < -0.39 is 5.97 Å². The Bertz CT molecular complexity index is 1010. The standard InChI is InChI=1S/C23H20O5/c1-15-13-17(22(24)16-7-5-4-6-8-16)9-11-19(15)28-23(25)18-10-12-20(26-2)21(14-18)27-3/h4-14H,1-3H3. The molecule has 0 radical (unpaired) electrons. The van der Waals surface area contributed by atoms with Crippen LogP contribution in [0.3, 0.4) is 0 Å². The van der Waals surface area contributed by atoms with Gasteiger partial charge in [-0.3, -0.25) is 4.79 Å². The Balaban J connectivity index is 1.80.